The molecule has 8 nitrogen and oxygen atoms in total. The average Bonchev–Trinajstić information content (AvgIpc) is 3.26. The van der Waals surface area contributed by atoms with Crippen LogP contribution in [0.1, 0.15) is 45.7 Å². The van der Waals surface area contributed by atoms with Gasteiger partial charge in [0.2, 0.25) is 5.91 Å². The van der Waals surface area contributed by atoms with Gasteiger partial charge in [0, 0.05) is 42.8 Å². The van der Waals surface area contributed by atoms with Crippen LogP contribution in [0, 0.1) is 0 Å². The molecule has 0 aliphatic carbocycles. The summed E-state index contributed by atoms with van der Waals surface area (Å²) in [5.74, 6) is -0.522. The molecule has 174 valence electrons. The summed E-state index contributed by atoms with van der Waals surface area (Å²) < 4.78 is 6.86. The standard InChI is InChI=1S/C26H25N3O5/c1-34-20-11-9-19(10-12-20)29-16-22(26(32)33)21-13-15-28(25(31)24(21)29)18-7-5-17(6-8-18)27-14-3-2-4-23(27)30/h5-12,16H,2-4,13-15H2,1H3,(H,32,33). The third kappa shape index (κ3) is 3.71. The number of fused-ring (bicyclic) bond motifs is 1. The maximum absolute atomic E-state index is 13.6. The first-order valence-electron chi connectivity index (χ1n) is 11.3. The van der Waals surface area contributed by atoms with Crippen LogP contribution in [0.15, 0.2) is 54.7 Å². The van der Waals surface area contributed by atoms with E-state index in [1.54, 1.807) is 45.7 Å². The number of aromatic carboxylic acids is 1. The lowest BCUT2D eigenvalue weighted by Gasteiger charge is -2.30. The molecule has 1 fully saturated rings. The fourth-order valence-corrected chi connectivity index (χ4v) is 4.75. The second-order valence-electron chi connectivity index (χ2n) is 8.47. The first-order chi connectivity index (χ1) is 16.5. The van der Waals surface area contributed by atoms with Gasteiger partial charge in [0.05, 0.1) is 12.7 Å². The van der Waals surface area contributed by atoms with Crippen molar-refractivity contribution in [2.24, 2.45) is 0 Å². The molecule has 0 bridgehead atoms. The molecule has 0 saturated carbocycles. The molecule has 0 spiro atoms. The summed E-state index contributed by atoms with van der Waals surface area (Å²) in [6.45, 7) is 1.08. The summed E-state index contributed by atoms with van der Waals surface area (Å²) >= 11 is 0. The van der Waals surface area contributed by atoms with Crippen molar-refractivity contribution in [3.8, 4) is 11.4 Å². The summed E-state index contributed by atoms with van der Waals surface area (Å²) in [6.07, 6.45) is 4.41. The Bertz CT molecular complexity index is 1260. The van der Waals surface area contributed by atoms with Crippen molar-refractivity contribution < 1.29 is 24.2 Å². The number of anilines is 2. The van der Waals surface area contributed by atoms with E-state index in [4.69, 9.17) is 4.74 Å². The van der Waals surface area contributed by atoms with Crippen LogP contribution < -0.4 is 14.5 Å². The van der Waals surface area contributed by atoms with Crippen LogP contribution in [-0.2, 0) is 11.2 Å². The number of hydrogen-bond acceptors (Lipinski definition) is 4. The molecule has 5 rings (SSSR count). The van der Waals surface area contributed by atoms with Crippen LogP contribution in [-0.4, -0.2) is 47.7 Å². The number of aromatic nitrogens is 1. The summed E-state index contributed by atoms with van der Waals surface area (Å²) in [7, 11) is 1.57. The number of benzene rings is 2. The monoisotopic (exact) mass is 459 g/mol. The van der Waals surface area contributed by atoms with Gasteiger partial charge in [-0.15, -0.1) is 0 Å². The van der Waals surface area contributed by atoms with Gasteiger partial charge in [0.15, 0.2) is 0 Å². The SMILES string of the molecule is COc1ccc(-n2cc(C(=O)O)c3c2C(=O)N(c2ccc(N4CCCCC4=O)cc2)CC3)cc1. The number of amides is 2. The largest absolute Gasteiger partial charge is 0.497 e. The zero-order valence-electron chi connectivity index (χ0n) is 18.9. The molecular formula is C26H25N3O5. The summed E-state index contributed by atoms with van der Waals surface area (Å²) in [5, 5.41) is 9.74. The van der Waals surface area contributed by atoms with E-state index in [1.807, 2.05) is 24.3 Å². The van der Waals surface area contributed by atoms with Gasteiger partial charge in [0.25, 0.3) is 5.91 Å². The normalized spacial score (nSPS) is 15.9. The lowest BCUT2D eigenvalue weighted by atomic mass is 10.0. The lowest BCUT2D eigenvalue weighted by Crippen LogP contribution is -2.39. The number of ether oxygens (including phenoxy) is 1. The molecule has 3 aromatic rings. The summed E-state index contributed by atoms with van der Waals surface area (Å²) in [4.78, 5) is 41.2. The van der Waals surface area contributed by atoms with E-state index in [2.05, 4.69) is 0 Å². The molecule has 3 heterocycles. The summed E-state index contributed by atoms with van der Waals surface area (Å²) in [5.41, 5.74) is 3.25. The number of hydrogen-bond donors (Lipinski definition) is 1. The number of carbonyl (C=O) groups is 3. The molecule has 2 amide bonds. The van der Waals surface area contributed by atoms with Gasteiger partial charge in [-0.2, -0.15) is 0 Å². The van der Waals surface area contributed by atoms with Crippen molar-refractivity contribution in [2.75, 3.05) is 30.0 Å². The van der Waals surface area contributed by atoms with Gasteiger partial charge < -0.3 is 24.2 Å². The van der Waals surface area contributed by atoms with E-state index in [0.717, 1.165) is 18.5 Å². The maximum atomic E-state index is 13.6. The maximum Gasteiger partial charge on any atom is 0.337 e. The highest BCUT2D eigenvalue weighted by Gasteiger charge is 2.33. The molecular weight excluding hydrogens is 434 g/mol. The predicted octanol–water partition coefficient (Wildman–Crippen LogP) is 3.90. The Labute approximate surface area is 197 Å². The van der Waals surface area contributed by atoms with Gasteiger partial charge in [-0.25, -0.2) is 4.79 Å². The van der Waals surface area contributed by atoms with Crippen molar-refractivity contribution in [2.45, 2.75) is 25.7 Å². The van der Waals surface area contributed by atoms with E-state index < -0.39 is 5.97 Å². The van der Waals surface area contributed by atoms with E-state index >= 15 is 0 Å². The minimum Gasteiger partial charge on any atom is -0.497 e. The minimum atomic E-state index is -1.06. The number of nitrogens with zero attached hydrogens (tertiary/aromatic N) is 3. The highest BCUT2D eigenvalue weighted by atomic mass is 16.5. The lowest BCUT2D eigenvalue weighted by molar-refractivity contribution is -0.119. The van der Waals surface area contributed by atoms with Gasteiger partial charge in [0.1, 0.15) is 11.4 Å². The van der Waals surface area contributed by atoms with Gasteiger partial charge >= 0.3 is 5.97 Å². The third-order valence-corrected chi connectivity index (χ3v) is 6.52. The molecule has 0 radical (unpaired) electrons. The summed E-state index contributed by atoms with van der Waals surface area (Å²) in [6, 6.07) is 14.6. The quantitative estimate of drug-likeness (QED) is 0.625. The number of carbonyl (C=O) groups excluding carboxylic acids is 2. The first kappa shape index (κ1) is 21.8. The number of piperidine rings is 1. The molecule has 0 unspecified atom stereocenters. The molecule has 34 heavy (non-hydrogen) atoms. The zero-order valence-corrected chi connectivity index (χ0v) is 18.9. The Morgan fingerprint density at radius 2 is 1.50 bits per heavy atom. The van der Waals surface area contributed by atoms with Crippen molar-refractivity contribution in [1.29, 1.82) is 0 Å². The fraction of sp³-hybridized carbons (Fsp3) is 0.269. The second kappa shape index (κ2) is 8.70. The molecule has 1 saturated heterocycles. The number of carboxylic acid groups (broad SMARTS) is 1. The van der Waals surface area contributed by atoms with Gasteiger partial charge in [-0.1, -0.05) is 0 Å². The number of methoxy groups -OCH3 is 1. The first-order valence-corrected chi connectivity index (χ1v) is 11.3. The van der Waals surface area contributed by atoms with Crippen molar-refractivity contribution in [3.63, 3.8) is 0 Å². The Morgan fingerprint density at radius 3 is 2.12 bits per heavy atom. The molecule has 2 aliphatic rings. The van der Waals surface area contributed by atoms with E-state index in [-0.39, 0.29) is 17.4 Å². The zero-order chi connectivity index (χ0) is 23.8. The Morgan fingerprint density at radius 1 is 0.853 bits per heavy atom. The Kier molecular flexibility index (Phi) is 5.57. The third-order valence-electron chi connectivity index (χ3n) is 6.52. The van der Waals surface area contributed by atoms with Crippen LogP contribution in [0.5, 0.6) is 5.75 Å². The Hall–Kier alpha value is -4.07. The minimum absolute atomic E-state index is 0.121. The van der Waals surface area contributed by atoms with Crippen LogP contribution in [0.4, 0.5) is 11.4 Å². The van der Waals surface area contributed by atoms with Crippen LogP contribution >= 0.6 is 0 Å². The highest BCUT2D eigenvalue weighted by molar-refractivity contribution is 6.10. The van der Waals surface area contributed by atoms with Crippen LogP contribution in [0.3, 0.4) is 0 Å². The van der Waals surface area contributed by atoms with Crippen molar-refractivity contribution in [1.82, 2.24) is 4.57 Å². The van der Waals surface area contributed by atoms with Crippen molar-refractivity contribution in [3.05, 3.63) is 71.5 Å². The van der Waals surface area contributed by atoms with E-state index in [0.29, 0.717) is 54.3 Å². The Balaban J connectivity index is 1.49. The number of rotatable bonds is 5. The van der Waals surface area contributed by atoms with Crippen LogP contribution in [0.25, 0.3) is 5.69 Å². The molecule has 2 aliphatic heterocycles. The predicted molar refractivity (Wildman–Crippen MR) is 127 cm³/mol. The smallest absolute Gasteiger partial charge is 0.337 e. The molecule has 8 heteroatoms. The molecule has 1 aromatic heterocycles. The topological polar surface area (TPSA) is 92.1 Å². The second-order valence-corrected chi connectivity index (χ2v) is 8.47. The van der Waals surface area contributed by atoms with Crippen LogP contribution in [0.2, 0.25) is 0 Å². The average molecular weight is 460 g/mol. The van der Waals surface area contributed by atoms with Crippen molar-refractivity contribution >= 4 is 29.2 Å². The van der Waals surface area contributed by atoms with E-state index in [1.165, 1.54) is 6.20 Å². The fourth-order valence-electron chi connectivity index (χ4n) is 4.75. The highest BCUT2D eigenvalue weighted by Crippen LogP contribution is 2.32. The molecule has 2 aromatic carbocycles. The molecule has 1 N–H and O–H groups in total. The number of carboxylic acids is 1. The van der Waals surface area contributed by atoms with E-state index in [9.17, 15) is 19.5 Å². The van der Waals surface area contributed by atoms with Gasteiger partial charge in [-0.3, -0.25) is 9.59 Å². The van der Waals surface area contributed by atoms with Gasteiger partial charge in [-0.05, 0) is 73.4 Å². The molecule has 0 atom stereocenters.